The molecule has 0 atom stereocenters. The van der Waals surface area contributed by atoms with Gasteiger partial charge in [-0.2, -0.15) is 0 Å². The molecule has 0 aromatic carbocycles. The first-order chi connectivity index (χ1) is 8.17. The highest BCUT2D eigenvalue weighted by atomic mass is 35.5. The average Bonchev–Trinajstić information content (AvgIpc) is 2.78. The van der Waals surface area contributed by atoms with Crippen LogP contribution in [-0.2, 0) is 6.42 Å². The Morgan fingerprint density at radius 1 is 1.53 bits per heavy atom. The maximum atomic E-state index is 11.7. The second kappa shape index (κ2) is 11.4. The summed E-state index contributed by atoms with van der Waals surface area (Å²) in [5.74, 6) is -0.103. The second-order valence-electron chi connectivity index (χ2n) is 3.82. The maximum absolute atomic E-state index is 11.7. The van der Waals surface area contributed by atoms with E-state index in [9.17, 15) is 4.79 Å². The van der Waals surface area contributed by atoms with E-state index in [1.165, 1.54) is 11.3 Å². The van der Waals surface area contributed by atoms with Gasteiger partial charge in [0.1, 0.15) is 5.69 Å². The van der Waals surface area contributed by atoms with Crippen LogP contribution in [0.15, 0.2) is 5.38 Å². The molecule has 5 nitrogen and oxygen atoms in total. The molecule has 3 N–H and O–H groups in total. The third kappa shape index (κ3) is 7.69. The Hall–Kier alpha value is -0.400. The maximum Gasteiger partial charge on any atom is 0.270 e. The van der Waals surface area contributed by atoms with Gasteiger partial charge in [0.15, 0.2) is 0 Å². The first-order valence-corrected chi connectivity index (χ1v) is 6.66. The molecule has 0 bridgehead atoms. The number of nitrogens with two attached hydrogens (primary N) is 1. The first-order valence-electron chi connectivity index (χ1n) is 5.78. The van der Waals surface area contributed by atoms with Gasteiger partial charge in [-0.15, -0.1) is 36.2 Å². The summed E-state index contributed by atoms with van der Waals surface area (Å²) in [5, 5.41) is 5.55. The Kier molecular flexibility index (Phi) is 12.6. The van der Waals surface area contributed by atoms with Gasteiger partial charge >= 0.3 is 0 Å². The van der Waals surface area contributed by atoms with E-state index in [4.69, 9.17) is 5.73 Å². The molecule has 0 radical (unpaired) electrons. The van der Waals surface area contributed by atoms with Crippen LogP contribution in [0.1, 0.15) is 22.4 Å². The van der Waals surface area contributed by atoms with E-state index in [1.54, 1.807) is 5.38 Å². The number of likely N-dealkylation sites (N-methyl/N-ethyl adjacent to an activating group) is 1. The van der Waals surface area contributed by atoms with Crippen molar-refractivity contribution in [1.82, 2.24) is 15.2 Å². The normalized spacial score (nSPS) is 9.68. The van der Waals surface area contributed by atoms with Gasteiger partial charge in [0.25, 0.3) is 5.91 Å². The number of amides is 1. The monoisotopic (exact) mass is 328 g/mol. The molecule has 112 valence electrons. The fourth-order valence-electron chi connectivity index (χ4n) is 1.26. The van der Waals surface area contributed by atoms with Gasteiger partial charge in [-0.05, 0) is 20.1 Å². The fourth-order valence-corrected chi connectivity index (χ4v) is 2.06. The van der Waals surface area contributed by atoms with Crippen molar-refractivity contribution in [2.75, 3.05) is 33.2 Å². The van der Waals surface area contributed by atoms with Gasteiger partial charge in [0.2, 0.25) is 0 Å². The zero-order valence-corrected chi connectivity index (χ0v) is 13.7. The highest BCUT2D eigenvalue weighted by Crippen LogP contribution is 2.09. The first kappa shape index (κ1) is 20.9. The number of hydrogen-bond donors (Lipinski definition) is 2. The number of nitrogens with zero attached hydrogens (tertiary/aromatic N) is 2. The number of carbonyl (C=O) groups excluding carboxylic acids is 1. The molecule has 0 aliphatic rings. The predicted molar refractivity (Wildman–Crippen MR) is 84.9 cm³/mol. The van der Waals surface area contributed by atoms with Crippen LogP contribution < -0.4 is 11.1 Å². The van der Waals surface area contributed by atoms with Gasteiger partial charge in [-0.3, -0.25) is 4.79 Å². The lowest BCUT2D eigenvalue weighted by Gasteiger charge is -2.13. The second-order valence-corrected chi connectivity index (χ2v) is 4.76. The van der Waals surface area contributed by atoms with E-state index in [0.29, 0.717) is 18.8 Å². The summed E-state index contributed by atoms with van der Waals surface area (Å²) in [7, 11) is 2.02. The molecule has 19 heavy (non-hydrogen) atoms. The largest absolute Gasteiger partial charge is 0.349 e. The van der Waals surface area contributed by atoms with Crippen molar-refractivity contribution >= 4 is 42.1 Å². The van der Waals surface area contributed by atoms with Crippen molar-refractivity contribution < 1.29 is 4.79 Å². The lowest BCUT2D eigenvalue weighted by atomic mass is 10.4. The summed E-state index contributed by atoms with van der Waals surface area (Å²) in [6.45, 7) is 5.12. The molecular weight excluding hydrogens is 307 g/mol. The molecule has 0 saturated carbocycles. The Morgan fingerprint density at radius 2 is 2.21 bits per heavy atom. The molecule has 0 unspecified atom stereocenters. The molecule has 0 saturated heterocycles. The summed E-state index contributed by atoms with van der Waals surface area (Å²) >= 11 is 1.48. The highest BCUT2D eigenvalue weighted by Gasteiger charge is 2.09. The van der Waals surface area contributed by atoms with Crippen LogP contribution in [0.4, 0.5) is 0 Å². The smallest absolute Gasteiger partial charge is 0.270 e. The minimum absolute atomic E-state index is 0. The molecule has 0 fully saturated rings. The van der Waals surface area contributed by atoms with E-state index in [-0.39, 0.29) is 30.7 Å². The average molecular weight is 329 g/mol. The van der Waals surface area contributed by atoms with Crippen molar-refractivity contribution in [1.29, 1.82) is 0 Å². The summed E-state index contributed by atoms with van der Waals surface area (Å²) < 4.78 is 0. The number of aromatic nitrogens is 1. The number of rotatable bonds is 7. The SMILES string of the molecule is CCN(C)CCNC(=O)c1csc(CCN)n1.Cl.Cl. The quantitative estimate of drug-likeness (QED) is 0.788. The third-order valence-corrected chi connectivity index (χ3v) is 3.37. The van der Waals surface area contributed by atoms with Crippen molar-refractivity contribution in [2.24, 2.45) is 5.73 Å². The van der Waals surface area contributed by atoms with Crippen LogP contribution in [0, 0.1) is 0 Å². The fraction of sp³-hybridized carbons (Fsp3) is 0.636. The van der Waals surface area contributed by atoms with Crippen LogP contribution in [0.25, 0.3) is 0 Å². The van der Waals surface area contributed by atoms with Gasteiger partial charge in [0, 0.05) is 24.9 Å². The number of hydrogen-bond acceptors (Lipinski definition) is 5. The third-order valence-electron chi connectivity index (χ3n) is 2.46. The molecule has 0 aliphatic heterocycles. The van der Waals surface area contributed by atoms with E-state index < -0.39 is 0 Å². The zero-order chi connectivity index (χ0) is 12.7. The molecular formula is C11H22Cl2N4OS. The molecule has 0 aliphatic carbocycles. The summed E-state index contributed by atoms with van der Waals surface area (Å²) in [4.78, 5) is 18.1. The van der Waals surface area contributed by atoms with Crippen molar-refractivity contribution in [3.05, 3.63) is 16.1 Å². The molecule has 1 aromatic heterocycles. The van der Waals surface area contributed by atoms with E-state index in [1.807, 2.05) is 7.05 Å². The number of nitrogens with one attached hydrogen (secondary N) is 1. The Balaban J connectivity index is 0. The lowest BCUT2D eigenvalue weighted by molar-refractivity contribution is 0.0945. The van der Waals surface area contributed by atoms with Gasteiger partial charge < -0.3 is 16.0 Å². The molecule has 1 aromatic rings. The predicted octanol–water partition coefficient (Wildman–Crippen LogP) is 1.17. The number of halogens is 2. The Morgan fingerprint density at radius 3 is 2.79 bits per heavy atom. The van der Waals surface area contributed by atoms with Crippen LogP contribution in [-0.4, -0.2) is 49.0 Å². The highest BCUT2D eigenvalue weighted by molar-refractivity contribution is 7.09. The van der Waals surface area contributed by atoms with E-state index in [0.717, 1.165) is 24.5 Å². The summed E-state index contributed by atoms with van der Waals surface area (Å²) in [6, 6.07) is 0. The minimum atomic E-state index is -0.103. The van der Waals surface area contributed by atoms with Crippen LogP contribution >= 0.6 is 36.2 Å². The van der Waals surface area contributed by atoms with Gasteiger partial charge in [0.05, 0.1) is 5.01 Å². The zero-order valence-electron chi connectivity index (χ0n) is 11.2. The van der Waals surface area contributed by atoms with Crippen molar-refractivity contribution in [2.45, 2.75) is 13.3 Å². The molecule has 1 heterocycles. The Labute approximate surface area is 130 Å². The van der Waals surface area contributed by atoms with Crippen LogP contribution in [0.3, 0.4) is 0 Å². The van der Waals surface area contributed by atoms with E-state index in [2.05, 4.69) is 22.1 Å². The molecule has 8 heteroatoms. The minimum Gasteiger partial charge on any atom is -0.349 e. The van der Waals surface area contributed by atoms with Crippen molar-refractivity contribution in [3.8, 4) is 0 Å². The molecule has 0 spiro atoms. The summed E-state index contributed by atoms with van der Waals surface area (Å²) in [5.41, 5.74) is 5.93. The molecule has 1 rings (SSSR count). The van der Waals surface area contributed by atoms with Gasteiger partial charge in [-0.1, -0.05) is 6.92 Å². The van der Waals surface area contributed by atoms with Crippen molar-refractivity contribution in [3.63, 3.8) is 0 Å². The summed E-state index contributed by atoms with van der Waals surface area (Å²) in [6.07, 6.45) is 0.733. The van der Waals surface area contributed by atoms with Crippen LogP contribution in [0.2, 0.25) is 0 Å². The topological polar surface area (TPSA) is 71.2 Å². The number of thiazole rings is 1. The lowest BCUT2D eigenvalue weighted by Crippen LogP contribution is -2.33. The van der Waals surface area contributed by atoms with Gasteiger partial charge in [-0.25, -0.2) is 4.98 Å². The number of carbonyl (C=O) groups is 1. The van der Waals surface area contributed by atoms with Crippen LogP contribution in [0.5, 0.6) is 0 Å². The standard InChI is InChI=1S/C11H20N4OS.2ClH/c1-3-15(2)7-6-13-11(16)9-8-17-10(14-9)4-5-12;;/h8H,3-7,12H2,1-2H3,(H,13,16);2*1H. The molecule has 1 amide bonds. The Bertz CT molecular complexity index is 362. The van der Waals surface area contributed by atoms with E-state index >= 15 is 0 Å².